The second-order valence-corrected chi connectivity index (χ2v) is 18.1. The molecule has 2 fully saturated rings. The number of benzene rings is 2. The summed E-state index contributed by atoms with van der Waals surface area (Å²) in [6.07, 6.45) is -1.29. The van der Waals surface area contributed by atoms with E-state index in [1.54, 1.807) is 18.5 Å². The summed E-state index contributed by atoms with van der Waals surface area (Å²) in [5.74, 6) is -1.10. The van der Waals surface area contributed by atoms with Crippen molar-refractivity contribution in [3.8, 4) is 23.0 Å². The van der Waals surface area contributed by atoms with Crippen LogP contribution in [0.2, 0.25) is 0 Å². The highest BCUT2D eigenvalue weighted by Gasteiger charge is 2.54. The molecule has 0 radical (unpaired) electrons. The quantitative estimate of drug-likeness (QED) is 0.118. The summed E-state index contributed by atoms with van der Waals surface area (Å²) >= 11 is 0. The van der Waals surface area contributed by atoms with Crippen molar-refractivity contribution < 1.29 is 57.0 Å². The Kier molecular flexibility index (Phi) is 10.8. The van der Waals surface area contributed by atoms with E-state index in [0.717, 1.165) is 33.3 Å². The Labute approximate surface area is 360 Å². The van der Waals surface area contributed by atoms with Crippen molar-refractivity contribution in [3.63, 3.8) is 0 Å². The van der Waals surface area contributed by atoms with Crippen LogP contribution in [-0.4, -0.2) is 56.5 Å². The molecule has 12 nitrogen and oxygen atoms in total. The first-order valence-electron chi connectivity index (χ1n) is 20.7. The molecule has 5 N–H and O–H groups in total. The van der Waals surface area contributed by atoms with E-state index in [0.29, 0.717) is 42.5 Å². The summed E-state index contributed by atoms with van der Waals surface area (Å²) in [5, 5.41) is 11.1. The van der Waals surface area contributed by atoms with Crippen LogP contribution >= 0.6 is 0 Å². The van der Waals surface area contributed by atoms with E-state index in [4.69, 9.17) is 12.2 Å². The zero-order valence-electron chi connectivity index (χ0n) is 36.4. The average molecular weight is 879 g/mol. The third kappa shape index (κ3) is 9.23. The number of alkyl halides is 5. The number of hydrogen-bond acceptors (Lipinski definition) is 9. The van der Waals surface area contributed by atoms with E-state index < -0.39 is 36.5 Å². The number of carbonyl (C=O) groups excluding carboxylic acids is 1. The van der Waals surface area contributed by atoms with E-state index in [-0.39, 0.29) is 46.0 Å². The fourth-order valence-electron chi connectivity index (χ4n) is 7.45. The summed E-state index contributed by atoms with van der Waals surface area (Å²) < 4.78 is 85.2. The molecule has 4 aliphatic rings. The number of carboxylic acids is 1. The first-order valence-corrected chi connectivity index (χ1v) is 20.0. The third-order valence-electron chi connectivity index (χ3n) is 11.3. The molecular formula is C46H48F5N5O7. The maximum atomic E-state index is 13.3. The highest BCUT2D eigenvalue weighted by molar-refractivity contribution is 5.95. The van der Waals surface area contributed by atoms with Gasteiger partial charge >= 0.3 is 18.6 Å². The van der Waals surface area contributed by atoms with Crippen LogP contribution in [0.4, 0.5) is 27.6 Å². The van der Waals surface area contributed by atoms with Crippen LogP contribution < -0.4 is 24.7 Å². The molecule has 63 heavy (non-hydrogen) atoms. The Hall–Kier alpha value is -6.39. The van der Waals surface area contributed by atoms with Crippen LogP contribution in [0.5, 0.6) is 23.0 Å². The number of Topliss-reactive ketones (excluding diaryl/α,β-unsaturated/α-hetero) is 1. The number of halogens is 5. The molecule has 0 bridgehead atoms. The molecule has 2 saturated carbocycles. The number of anilines is 1. The topological polar surface area (TPSA) is 175 Å². The Morgan fingerprint density at radius 1 is 0.698 bits per heavy atom. The Morgan fingerprint density at radius 3 is 1.57 bits per heavy atom. The van der Waals surface area contributed by atoms with Crippen molar-refractivity contribution in [3.05, 3.63) is 101 Å². The molecule has 0 spiro atoms. The zero-order valence-corrected chi connectivity index (χ0v) is 35.4. The predicted molar refractivity (Wildman–Crippen MR) is 224 cm³/mol. The number of nitrogen functional groups attached to an aromatic ring is 1. The Balaban J connectivity index is 0.000000152. The van der Waals surface area contributed by atoms with Crippen molar-refractivity contribution in [2.75, 3.05) is 12.9 Å². The smallest absolute Gasteiger partial charge is 0.481 e. The average Bonchev–Trinajstić information content (AvgIpc) is 4.02. The minimum absolute atomic E-state index is 0.0104. The highest BCUT2D eigenvalue weighted by Crippen LogP contribution is 2.53. The number of aromatic nitrogens is 4. The van der Waals surface area contributed by atoms with Crippen LogP contribution in [0.25, 0.3) is 22.1 Å². The number of hydrogen-bond donors (Lipinski definition) is 4. The van der Waals surface area contributed by atoms with Gasteiger partial charge in [0.15, 0.2) is 23.0 Å². The summed E-state index contributed by atoms with van der Waals surface area (Å²) in [6, 6.07) is 16.9. The number of nitrogens with zero attached hydrogens (tertiary/aromatic N) is 2. The molecule has 0 amide bonds. The van der Waals surface area contributed by atoms with Gasteiger partial charge < -0.3 is 39.8 Å². The fraction of sp³-hybridized carbons (Fsp3) is 0.391. The van der Waals surface area contributed by atoms with Gasteiger partial charge in [-0.3, -0.25) is 14.0 Å². The summed E-state index contributed by atoms with van der Waals surface area (Å²) in [7, 11) is -1.00. The Bertz CT molecular complexity index is 2740. The van der Waals surface area contributed by atoms with Gasteiger partial charge in [0.1, 0.15) is 17.1 Å². The molecule has 0 unspecified atom stereocenters. The zero-order chi connectivity index (χ0) is 46.6. The van der Waals surface area contributed by atoms with E-state index in [9.17, 15) is 31.5 Å². The van der Waals surface area contributed by atoms with Crippen LogP contribution in [0.3, 0.4) is 0 Å². The molecule has 6 heterocycles. The second-order valence-electron chi connectivity index (χ2n) is 18.1. The number of ether oxygens (including phenoxy) is 4. The standard InChI is InChI=1S/C23H22F2N2O3.C11H8F2O4.C11H15N3.CH3F/c1-21(2,3)18-10-14-8-13(12-26-20(14)27-18)9-19(28)22(6-7-22)15-4-5-16-17(11-15)30-23(24,25)29-16;12-11(13)16-7-2-1-6(5-8(7)17-11)10(3-4-10)9(14)15;1-11(2,3)9-5-7-4-8(12)6-13-10(7)14-9;1-2/h4-5,8,10-12H,6-7,9H2,1-3H3,(H,26,27);1-2,5H,3-4H2,(H,14,15);4-6H,12H2,1-3H3,(H,13,14);1H3/i;;;1D. The number of carboxylic acid groups (broad SMARTS) is 1. The number of aliphatic carboxylic acids is 1. The lowest BCUT2D eigenvalue weighted by Crippen LogP contribution is -2.26. The molecule has 4 aromatic heterocycles. The number of fused-ring (bicyclic) bond motifs is 4. The Morgan fingerprint density at radius 2 is 1.13 bits per heavy atom. The van der Waals surface area contributed by atoms with E-state index >= 15 is 0 Å². The normalized spacial score (nSPS) is 17.9. The van der Waals surface area contributed by atoms with Crippen LogP contribution in [0.1, 0.15) is 96.7 Å². The van der Waals surface area contributed by atoms with Gasteiger partial charge in [0.25, 0.3) is 0 Å². The monoisotopic (exact) mass is 878 g/mol. The van der Waals surface area contributed by atoms with Gasteiger partial charge in [-0.1, -0.05) is 53.7 Å². The summed E-state index contributed by atoms with van der Waals surface area (Å²) in [6.45, 7) is 12.9. The number of rotatable bonds is 6. The first kappa shape index (κ1) is 43.3. The number of H-pyrrole nitrogens is 2. The number of aromatic amines is 2. The van der Waals surface area contributed by atoms with Gasteiger partial charge in [0.2, 0.25) is 0 Å². The maximum Gasteiger partial charge on any atom is 0.586 e. The number of nitrogens with two attached hydrogens (primary N) is 1. The SMILES string of the molecule is CC(C)(C)c1cc2cc(CC(=O)C3(c4ccc5c(c4)OC(F)(F)O5)CC3)cnc2[nH]1.CC(C)(C)c1cc2cc(N)cnc2[nH]1.O=C(O)C1(c2ccc3c(c2)OC(F)(F)O3)CC1.[2H]CF. The van der Waals surface area contributed by atoms with E-state index in [1.807, 2.05) is 12.1 Å². The van der Waals surface area contributed by atoms with Crippen LogP contribution in [0, 0.1) is 0 Å². The van der Waals surface area contributed by atoms with Gasteiger partial charge in [0, 0.05) is 45.6 Å². The molecule has 2 aliphatic carbocycles. The highest BCUT2D eigenvalue weighted by atomic mass is 19.3. The lowest BCUT2D eigenvalue weighted by Gasteiger charge is -2.15. The molecule has 2 aromatic carbocycles. The van der Waals surface area contributed by atoms with Crippen LogP contribution in [0.15, 0.2) is 73.1 Å². The molecule has 6 aromatic rings. The summed E-state index contributed by atoms with van der Waals surface area (Å²) in [5.41, 5.74) is 10.9. The van der Waals surface area contributed by atoms with Crippen molar-refractivity contribution in [2.45, 2.75) is 108 Å². The third-order valence-corrected chi connectivity index (χ3v) is 11.3. The van der Waals surface area contributed by atoms with Crippen molar-refractivity contribution >= 4 is 39.5 Å². The van der Waals surface area contributed by atoms with Crippen LogP contribution in [-0.2, 0) is 37.7 Å². The molecule has 10 rings (SSSR count). The molecule has 0 saturated heterocycles. The molecular weight excluding hydrogens is 830 g/mol. The van der Waals surface area contributed by atoms with Gasteiger partial charge in [-0.2, -0.15) is 0 Å². The van der Waals surface area contributed by atoms with Crippen molar-refractivity contribution in [1.29, 1.82) is 0 Å². The lowest BCUT2D eigenvalue weighted by molar-refractivity contribution is -0.287. The molecule has 17 heteroatoms. The molecule has 2 aliphatic heterocycles. The fourth-order valence-corrected chi connectivity index (χ4v) is 7.45. The second kappa shape index (κ2) is 15.8. The van der Waals surface area contributed by atoms with Gasteiger partial charge in [-0.15, -0.1) is 17.6 Å². The number of carbonyl (C=O) groups is 2. The van der Waals surface area contributed by atoms with Gasteiger partial charge in [-0.25, -0.2) is 9.97 Å². The van der Waals surface area contributed by atoms with Gasteiger partial charge in [0.05, 0.1) is 31.2 Å². The largest absolute Gasteiger partial charge is 0.586 e. The van der Waals surface area contributed by atoms with E-state index in [1.165, 1.54) is 36.0 Å². The van der Waals surface area contributed by atoms with Crippen molar-refractivity contribution in [1.82, 2.24) is 19.9 Å². The summed E-state index contributed by atoms with van der Waals surface area (Å²) in [4.78, 5) is 39.6. The maximum absolute atomic E-state index is 13.3. The van der Waals surface area contributed by atoms with Gasteiger partial charge in [-0.05, 0) is 90.9 Å². The number of pyridine rings is 2. The van der Waals surface area contributed by atoms with E-state index in [2.05, 4.69) is 92.6 Å². The number of nitrogens with one attached hydrogen (secondary N) is 2. The minimum Gasteiger partial charge on any atom is -0.481 e. The lowest BCUT2D eigenvalue weighted by atomic mass is 9.88. The first-order chi connectivity index (χ1) is 29.9. The molecule has 0 atom stereocenters. The molecule has 334 valence electrons. The minimum atomic E-state index is -3.67. The van der Waals surface area contributed by atoms with Crippen molar-refractivity contribution in [2.24, 2.45) is 0 Å². The predicted octanol–water partition coefficient (Wildman–Crippen LogP) is 10.2. The number of ketones is 1.